The fourth-order valence-corrected chi connectivity index (χ4v) is 2.13. The highest BCUT2D eigenvalue weighted by molar-refractivity contribution is 5.91. The summed E-state index contributed by atoms with van der Waals surface area (Å²) < 4.78 is 1.47. The van der Waals surface area contributed by atoms with E-state index in [-0.39, 0.29) is 18.0 Å². The molecule has 116 valence electrons. The molecular weight excluding hydrogens is 284 g/mol. The third-order valence-electron chi connectivity index (χ3n) is 3.49. The first kappa shape index (κ1) is 15.7. The van der Waals surface area contributed by atoms with Crippen LogP contribution in [0.4, 0.5) is 11.4 Å². The van der Waals surface area contributed by atoms with Crippen molar-refractivity contribution < 1.29 is 9.72 Å². The number of amides is 1. The Morgan fingerprint density at radius 2 is 2.09 bits per heavy atom. The summed E-state index contributed by atoms with van der Waals surface area (Å²) in [5.74, 6) is -0.147. The van der Waals surface area contributed by atoms with E-state index in [0.717, 1.165) is 16.8 Å². The Kier molecular flexibility index (Phi) is 4.55. The van der Waals surface area contributed by atoms with E-state index in [4.69, 9.17) is 0 Å². The average molecular weight is 302 g/mol. The van der Waals surface area contributed by atoms with Crippen molar-refractivity contribution in [1.29, 1.82) is 0 Å². The summed E-state index contributed by atoms with van der Waals surface area (Å²) in [5, 5.41) is 17.6. The van der Waals surface area contributed by atoms with E-state index in [0.29, 0.717) is 12.2 Å². The smallest absolute Gasteiger partial charge is 0.309 e. The maximum absolute atomic E-state index is 12.0. The van der Waals surface area contributed by atoms with Gasteiger partial charge < -0.3 is 5.32 Å². The van der Waals surface area contributed by atoms with Crippen LogP contribution < -0.4 is 5.32 Å². The zero-order chi connectivity index (χ0) is 16.3. The number of rotatable bonds is 5. The quantitative estimate of drug-likeness (QED) is 0.679. The Balaban J connectivity index is 1.98. The maximum Gasteiger partial charge on any atom is 0.309 e. The van der Waals surface area contributed by atoms with Gasteiger partial charge in [0.2, 0.25) is 5.91 Å². The van der Waals surface area contributed by atoms with Crippen molar-refractivity contribution in [3.05, 3.63) is 51.3 Å². The Morgan fingerprint density at radius 3 is 2.73 bits per heavy atom. The van der Waals surface area contributed by atoms with E-state index < -0.39 is 4.92 Å². The molecule has 0 aliphatic rings. The highest BCUT2D eigenvalue weighted by atomic mass is 16.6. The molecular formula is C15H18N4O3. The van der Waals surface area contributed by atoms with Crippen LogP contribution in [0.2, 0.25) is 0 Å². The van der Waals surface area contributed by atoms with Gasteiger partial charge in [-0.1, -0.05) is 12.1 Å². The van der Waals surface area contributed by atoms with E-state index in [2.05, 4.69) is 10.4 Å². The van der Waals surface area contributed by atoms with Crippen LogP contribution in [0.1, 0.15) is 23.2 Å². The number of hydrogen-bond donors (Lipinski definition) is 1. The van der Waals surface area contributed by atoms with Gasteiger partial charge in [-0.2, -0.15) is 5.10 Å². The number of aromatic nitrogens is 2. The fourth-order valence-electron chi connectivity index (χ4n) is 2.13. The van der Waals surface area contributed by atoms with Gasteiger partial charge in [0.1, 0.15) is 11.9 Å². The predicted molar refractivity (Wildman–Crippen MR) is 82.8 cm³/mol. The molecule has 0 saturated carbocycles. The predicted octanol–water partition coefficient (Wildman–Crippen LogP) is 2.75. The third kappa shape index (κ3) is 3.49. The third-order valence-corrected chi connectivity index (χ3v) is 3.49. The summed E-state index contributed by atoms with van der Waals surface area (Å²) >= 11 is 0. The summed E-state index contributed by atoms with van der Waals surface area (Å²) in [6, 6.07) is 5.85. The summed E-state index contributed by atoms with van der Waals surface area (Å²) in [4.78, 5) is 22.3. The van der Waals surface area contributed by atoms with Crippen LogP contribution in [-0.4, -0.2) is 20.6 Å². The molecule has 22 heavy (non-hydrogen) atoms. The Labute approximate surface area is 128 Å². The normalized spacial score (nSPS) is 10.5. The minimum absolute atomic E-state index is 0.0325. The van der Waals surface area contributed by atoms with Crippen molar-refractivity contribution in [1.82, 2.24) is 9.78 Å². The largest absolute Gasteiger partial charge is 0.326 e. The van der Waals surface area contributed by atoms with Crippen LogP contribution in [0.25, 0.3) is 0 Å². The number of nitro groups is 1. The van der Waals surface area contributed by atoms with Gasteiger partial charge in [-0.15, -0.1) is 0 Å². The molecule has 0 saturated heterocycles. The van der Waals surface area contributed by atoms with Crippen LogP contribution in [0.5, 0.6) is 0 Å². The van der Waals surface area contributed by atoms with Crippen LogP contribution in [-0.2, 0) is 11.3 Å². The molecule has 0 aliphatic heterocycles. The maximum atomic E-state index is 12.0. The van der Waals surface area contributed by atoms with Gasteiger partial charge in [-0.25, -0.2) is 0 Å². The number of carbonyl (C=O) groups excluding carboxylic acids is 1. The SMILES string of the molecule is Cc1ccc(C)c(NC(=O)CCn2ncc([N+](=O)[O-])c2C)c1. The monoisotopic (exact) mass is 302 g/mol. The van der Waals surface area contributed by atoms with Gasteiger partial charge >= 0.3 is 5.69 Å². The average Bonchev–Trinajstić information content (AvgIpc) is 2.82. The lowest BCUT2D eigenvalue weighted by atomic mass is 10.1. The lowest BCUT2D eigenvalue weighted by Crippen LogP contribution is -2.16. The second-order valence-electron chi connectivity index (χ2n) is 5.21. The van der Waals surface area contributed by atoms with Crippen molar-refractivity contribution in [2.75, 3.05) is 5.32 Å². The number of carbonyl (C=O) groups is 1. The number of aryl methyl sites for hydroxylation is 3. The van der Waals surface area contributed by atoms with E-state index >= 15 is 0 Å². The van der Waals surface area contributed by atoms with E-state index in [9.17, 15) is 14.9 Å². The molecule has 0 bridgehead atoms. The molecule has 0 aliphatic carbocycles. The number of anilines is 1. The molecule has 1 N–H and O–H groups in total. The summed E-state index contributed by atoms with van der Waals surface area (Å²) in [6.07, 6.45) is 1.41. The second-order valence-corrected chi connectivity index (χ2v) is 5.21. The minimum Gasteiger partial charge on any atom is -0.326 e. The van der Waals surface area contributed by atoms with Gasteiger partial charge in [0.05, 0.1) is 11.5 Å². The van der Waals surface area contributed by atoms with E-state index in [1.165, 1.54) is 10.9 Å². The number of hydrogen-bond acceptors (Lipinski definition) is 4. The Bertz CT molecular complexity index is 722. The molecule has 0 unspecified atom stereocenters. The molecule has 7 heteroatoms. The summed E-state index contributed by atoms with van der Waals surface area (Å²) in [6.45, 7) is 5.81. The molecule has 1 aromatic heterocycles. The molecule has 1 aromatic carbocycles. The Hall–Kier alpha value is -2.70. The summed E-state index contributed by atoms with van der Waals surface area (Å²) in [5.41, 5.74) is 3.26. The molecule has 2 aromatic rings. The van der Waals surface area contributed by atoms with Gasteiger partial charge in [-0.05, 0) is 38.0 Å². The molecule has 2 rings (SSSR count). The van der Waals surface area contributed by atoms with E-state index in [1.807, 2.05) is 32.0 Å². The van der Waals surface area contributed by atoms with Crippen molar-refractivity contribution in [3.63, 3.8) is 0 Å². The zero-order valence-electron chi connectivity index (χ0n) is 12.8. The number of benzene rings is 1. The fraction of sp³-hybridized carbons (Fsp3) is 0.333. The highest BCUT2D eigenvalue weighted by Crippen LogP contribution is 2.18. The van der Waals surface area contributed by atoms with Crippen LogP contribution >= 0.6 is 0 Å². The molecule has 0 fully saturated rings. The van der Waals surface area contributed by atoms with Crippen LogP contribution in [0, 0.1) is 30.9 Å². The van der Waals surface area contributed by atoms with Crippen molar-refractivity contribution in [2.45, 2.75) is 33.7 Å². The van der Waals surface area contributed by atoms with Crippen LogP contribution in [0.3, 0.4) is 0 Å². The van der Waals surface area contributed by atoms with Gasteiger partial charge in [0.15, 0.2) is 0 Å². The van der Waals surface area contributed by atoms with Crippen molar-refractivity contribution in [3.8, 4) is 0 Å². The van der Waals surface area contributed by atoms with Gasteiger partial charge in [0, 0.05) is 12.1 Å². The Morgan fingerprint density at radius 1 is 1.36 bits per heavy atom. The van der Waals surface area contributed by atoms with Crippen molar-refractivity contribution >= 4 is 17.3 Å². The highest BCUT2D eigenvalue weighted by Gasteiger charge is 2.16. The molecule has 1 heterocycles. The first-order valence-electron chi connectivity index (χ1n) is 6.92. The zero-order valence-corrected chi connectivity index (χ0v) is 12.8. The van der Waals surface area contributed by atoms with Crippen LogP contribution in [0.15, 0.2) is 24.4 Å². The number of nitrogens with zero attached hydrogens (tertiary/aromatic N) is 3. The minimum atomic E-state index is -0.477. The standard InChI is InChI=1S/C15H18N4O3/c1-10-4-5-11(2)13(8-10)17-15(20)6-7-18-12(3)14(9-16-18)19(21)22/h4-5,8-9H,6-7H2,1-3H3,(H,17,20). The first-order chi connectivity index (χ1) is 10.4. The molecule has 0 spiro atoms. The van der Waals surface area contributed by atoms with Crippen molar-refractivity contribution in [2.24, 2.45) is 0 Å². The molecule has 1 amide bonds. The molecule has 0 radical (unpaired) electrons. The first-order valence-corrected chi connectivity index (χ1v) is 6.92. The van der Waals surface area contributed by atoms with E-state index in [1.54, 1.807) is 6.92 Å². The lowest BCUT2D eigenvalue weighted by molar-refractivity contribution is -0.385. The second kappa shape index (κ2) is 6.38. The van der Waals surface area contributed by atoms with Gasteiger partial charge in [-0.3, -0.25) is 19.6 Å². The molecule has 0 atom stereocenters. The number of nitrogens with one attached hydrogen (secondary N) is 1. The van der Waals surface area contributed by atoms with Gasteiger partial charge in [0.25, 0.3) is 0 Å². The summed E-state index contributed by atoms with van der Waals surface area (Å²) in [7, 11) is 0. The molecule has 7 nitrogen and oxygen atoms in total. The topological polar surface area (TPSA) is 90.1 Å². The lowest BCUT2D eigenvalue weighted by Gasteiger charge is -2.09.